The summed E-state index contributed by atoms with van der Waals surface area (Å²) >= 11 is 0. The molecule has 2 aliphatic heterocycles. The first-order chi connectivity index (χ1) is 29.5. The SMILES string of the molecule is CC.CC.CC/C(C)=C/C=C/C=C/CCC(C)C(=O)[C@H](OC)C(O)/C(C)=C/CC(C)=O.CCCOC(=O)C1CCCCN1C(=O)C(=O)C1(O)OCCCC1C.OC1CCCCC1. The molecule has 6 atom stereocenters. The summed E-state index contributed by atoms with van der Waals surface area (Å²) in [5, 5.41) is 29.8. The lowest BCUT2D eigenvalue weighted by atomic mass is 9.88. The molecule has 0 aromatic rings. The van der Waals surface area contributed by atoms with E-state index in [1.54, 1.807) is 19.9 Å². The van der Waals surface area contributed by atoms with Crippen LogP contribution >= 0.6 is 0 Å². The second kappa shape index (κ2) is 36.1. The molecule has 62 heavy (non-hydrogen) atoms. The zero-order valence-corrected chi connectivity index (χ0v) is 40.7. The summed E-state index contributed by atoms with van der Waals surface area (Å²) in [6.07, 6.45) is 22.5. The highest BCUT2D eigenvalue weighted by atomic mass is 16.6. The second-order valence-corrected chi connectivity index (χ2v) is 15.9. The minimum Gasteiger partial charge on any atom is -0.464 e. The maximum Gasteiger partial charge on any atom is 0.328 e. The van der Waals surface area contributed by atoms with Crippen molar-refractivity contribution in [1.82, 2.24) is 4.90 Å². The summed E-state index contributed by atoms with van der Waals surface area (Å²) in [4.78, 5) is 62.4. The van der Waals surface area contributed by atoms with Crippen LogP contribution in [0.2, 0.25) is 0 Å². The largest absolute Gasteiger partial charge is 0.464 e. The first-order valence-corrected chi connectivity index (χ1v) is 23.5. The fourth-order valence-corrected chi connectivity index (χ4v) is 6.74. The van der Waals surface area contributed by atoms with E-state index in [2.05, 4.69) is 19.9 Å². The van der Waals surface area contributed by atoms with Crippen LogP contribution in [0, 0.1) is 11.8 Å². The third-order valence-electron chi connectivity index (χ3n) is 10.9. The van der Waals surface area contributed by atoms with E-state index in [0.29, 0.717) is 44.2 Å². The van der Waals surface area contributed by atoms with Crippen LogP contribution in [0.4, 0.5) is 0 Å². The second-order valence-electron chi connectivity index (χ2n) is 15.9. The lowest BCUT2D eigenvalue weighted by molar-refractivity contribution is -0.240. The number of rotatable bonds is 18. The topological polar surface area (TPSA) is 177 Å². The molecule has 0 spiro atoms. The number of methoxy groups -OCH3 is 1. The minimum absolute atomic E-state index is 0.0105. The maximum atomic E-state index is 12.7. The number of piperidine rings is 1. The normalized spacial score (nSPS) is 22.2. The van der Waals surface area contributed by atoms with Crippen LogP contribution in [-0.2, 0) is 38.2 Å². The minimum atomic E-state index is -2.09. The fraction of sp³-hybridized carbons (Fsp3) is 0.740. The molecule has 1 saturated carbocycles. The van der Waals surface area contributed by atoms with Gasteiger partial charge >= 0.3 is 5.97 Å². The first kappa shape index (κ1) is 60.8. The number of carbonyl (C=O) groups excluding carboxylic acids is 5. The van der Waals surface area contributed by atoms with Gasteiger partial charge in [0.1, 0.15) is 24.0 Å². The Balaban J connectivity index is 0. The van der Waals surface area contributed by atoms with Gasteiger partial charge < -0.3 is 34.4 Å². The van der Waals surface area contributed by atoms with E-state index in [-0.39, 0.29) is 43.2 Å². The van der Waals surface area contributed by atoms with E-state index in [1.807, 2.05) is 65.8 Å². The Labute approximate surface area is 375 Å². The number of nitrogens with zero attached hydrogens (tertiary/aromatic N) is 1. The number of allylic oxidation sites excluding steroid dienone is 7. The molecule has 0 bridgehead atoms. The number of ketones is 3. The molecular formula is C50H87NO11. The molecule has 0 aromatic carbocycles. The Bertz CT molecular complexity index is 1400. The summed E-state index contributed by atoms with van der Waals surface area (Å²) in [5.41, 5.74) is 1.91. The van der Waals surface area contributed by atoms with Crippen molar-refractivity contribution in [1.29, 1.82) is 0 Å². The van der Waals surface area contributed by atoms with E-state index < -0.39 is 47.6 Å². The van der Waals surface area contributed by atoms with Crippen LogP contribution in [0.15, 0.2) is 47.6 Å². The van der Waals surface area contributed by atoms with Gasteiger partial charge in [0, 0.05) is 31.9 Å². The average molecular weight is 878 g/mol. The molecule has 2 heterocycles. The van der Waals surface area contributed by atoms with Crippen LogP contribution in [0.25, 0.3) is 0 Å². The molecule has 3 aliphatic rings. The molecule has 3 rings (SSSR count). The first-order valence-electron chi connectivity index (χ1n) is 23.5. The number of Topliss-reactive ketones (excluding diaryl/α,β-unsaturated/α-hetero) is 3. The van der Waals surface area contributed by atoms with Crippen molar-refractivity contribution in [2.45, 2.75) is 203 Å². The van der Waals surface area contributed by atoms with Crippen molar-refractivity contribution in [3.63, 3.8) is 0 Å². The predicted molar refractivity (Wildman–Crippen MR) is 248 cm³/mol. The molecule has 0 aromatic heterocycles. The number of carbonyl (C=O) groups is 5. The van der Waals surface area contributed by atoms with Crippen LogP contribution in [0.5, 0.6) is 0 Å². The molecule has 5 unspecified atom stereocenters. The highest BCUT2D eigenvalue weighted by molar-refractivity contribution is 6.39. The molecule has 1 amide bonds. The zero-order valence-electron chi connectivity index (χ0n) is 40.7. The van der Waals surface area contributed by atoms with Crippen molar-refractivity contribution >= 4 is 29.2 Å². The molecule has 3 fully saturated rings. The van der Waals surface area contributed by atoms with Gasteiger partial charge in [-0.15, -0.1) is 0 Å². The van der Waals surface area contributed by atoms with E-state index in [9.17, 15) is 34.2 Å². The molecule has 2 saturated heterocycles. The Kier molecular flexibility index (Phi) is 35.4. The summed E-state index contributed by atoms with van der Waals surface area (Å²) < 4.78 is 15.7. The Morgan fingerprint density at radius 3 is 2.05 bits per heavy atom. The van der Waals surface area contributed by atoms with E-state index in [1.165, 1.54) is 43.8 Å². The smallest absolute Gasteiger partial charge is 0.328 e. The van der Waals surface area contributed by atoms with Crippen LogP contribution in [-0.4, -0.2) is 106 Å². The molecule has 0 radical (unpaired) electrons. The lowest BCUT2D eigenvalue weighted by Crippen LogP contribution is -2.59. The number of esters is 1. The molecule has 12 nitrogen and oxygen atoms in total. The average Bonchev–Trinajstić information content (AvgIpc) is 3.29. The molecule has 358 valence electrons. The predicted octanol–water partition coefficient (Wildman–Crippen LogP) is 9.13. The third-order valence-corrected chi connectivity index (χ3v) is 10.9. The van der Waals surface area contributed by atoms with Gasteiger partial charge in [-0.25, -0.2) is 4.79 Å². The number of hydrogen-bond acceptors (Lipinski definition) is 11. The summed E-state index contributed by atoms with van der Waals surface area (Å²) in [7, 11) is 1.42. The number of hydrogen-bond donors (Lipinski definition) is 3. The summed E-state index contributed by atoms with van der Waals surface area (Å²) in [6, 6.07) is -0.760. The van der Waals surface area contributed by atoms with Crippen molar-refractivity contribution in [2.24, 2.45) is 11.8 Å². The van der Waals surface area contributed by atoms with E-state index in [0.717, 1.165) is 38.5 Å². The Morgan fingerprint density at radius 2 is 1.52 bits per heavy atom. The number of aliphatic hydroxyl groups is 3. The standard InChI is InChI=1S/C23H36O4.C17H27NO6.C6H12O.2C2H6/c1-7-17(2)13-11-9-8-10-12-14-18(3)21(25)23(27-6)22(26)19(4)15-16-20(5)24;1-3-10-23-16(21)13-8-4-5-9-18(13)15(20)14(19)17(22)12(2)7-6-11-24-17;7-6-4-2-1-3-5-6;2*1-2/h8-11,13,15,18,22-23,26H,7,12,14,16H2,1-6H3;12-13,22H,3-11H2,1-2H3;6-7H,1-5H2;2*1-2H3/b10-8+,11-9+,17-13+,19-15+;;;;/t18?,22?,23-;;;;/m0..../s1. The number of amides is 1. The number of likely N-dealkylation sites (tertiary alicyclic amines) is 1. The van der Waals surface area contributed by atoms with Gasteiger partial charge in [0.2, 0.25) is 5.79 Å². The van der Waals surface area contributed by atoms with Crippen molar-refractivity contribution in [3.05, 3.63) is 47.6 Å². The quantitative estimate of drug-likeness (QED) is 0.0518. The van der Waals surface area contributed by atoms with Gasteiger partial charge in [0.05, 0.1) is 19.3 Å². The van der Waals surface area contributed by atoms with Crippen molar-refractivity contribution in [3.8, 4) is 0 Å². The fourth-order valence-electron chi connectivity index (χ4n) is 6.74. The zero-order chi connectivity index (χ0) is 47.7. The van der Waals surface area contributed by atoms with Gasteiger partial charge in [-0.1, -0.05) is 117 Å². The Morgan fingerprint density at radius 1 is 0.887 bits per heavy atom. The highest BCUT2D eigenvalue weighted by Crippen LogP contribution is 2.31. The summed E-state index contributed by atoms with van der Waals surface area (Å²) in [6.45, 7) is 21.7. The molecule has 3 N–H and O–H groups in total. The monoisotopic (exact) mass is 878 g/mol. The van der Waals surface area contributed by atoms with Gasteiger partial charge in [-0.3, -0.25) is 19.2 Å². The third kappa shape index (κ3) is 23.4. The van der Waals surface area contributed by atoms with Crippen molar-refractivity contribution < 1.29 is 53.5 Å². The maximum absolute atomic E-state index is 12.7. The van der Waals surface area contributed by atoms with Crippen LogP contribution in [0.1, 0.15) is 172 Å². The van der Waals surface area contributed by atoms with E-state index in [4.69, 9.17) is 19.3 Å². The van der Waals surface area contributed by atoms with Gasteiger partial charge in [-0.2, -0.15) is 0 Å². The highest BCUT2D eigenvalue weighted by Gasteiger charge is 2.50. The Hall–Kier alpha value is -3.29. The van der Waals surface area contributed by atoms with Gasteiger partial charge in [-0.05, 0) is 97.0 Å². The number of aliphatic hydroxyl groups excluding tert-OH is 2. The van der Waals surface area contributed by atoms with Crippen LogP contribution in [0.3, 0.4) is 0 Å². The van der Waals surface area contributed by atoms with E-state index >= 15 is 0 Å². The molecule has 1 aliphatic carbocycles. The van der Waals surface area contributed by atoms with Gasteiger partial charge in [0.25, 0.3) is 11.7 Å². The molecular weight excluding hydrogens is 791 g/mol. The number of ether oxygens (including phenoxy) is 3. The summed E-state index contributed by atoms with van der Waals surface area (Å²) in [5.74, 6) is -5.21. The van der Waals surface area contributed by atoms with Crippen molar-refractivity contribution in [2.75, 3.05) is 26.9 Å². The van der Waals surface area contributed by atoms with Gasteiger partial charge in [0.15, 0.2) is 5.78 Å². The molecule has 12 heteroatoms. The lowest BCUT2D eigenvalue weighted by Gasteiger charge is -2.39. The van der Waals surface area contributed by atoms with Crippen LogP contribution < -0.4 is 0 Å².